The molecule has 0 radical (unpaired) electrons. The van der Waals surface area contributed by atoms with E-state index in [4.69, 9.17) is 0 Å². The number of nitrogens with zero attached hydrogens (tertiary/aromatic N) is 2. The van der Waals surface area contributed by atoms with Crippen molar-refractivity contribution in [3.63, 3.8) is 0 Å². The van der Waals surface area contributed by atoms with Gasteiger partial charge in [-0.15, -0.1) is 0 Å². The molecule has 0 fully saturated rings. The van der Waals surface area contributed by atoms with Crippen LogP contribution in [0.15, 0.2) is 12.4 Å². The monoisotopic (exact) mass is 222 g/mol. The number of anilines is 1. The number of nitrogens with one attached hydrogen (secondary N) is 2. The van der Waals surface area contributed by atoms with Crippen LogP contribution in [0.25, 0.3) is 0 Å². The van der Waals surface area contributed by atoms with Crippen LogP contribution in [-0.2, 0) is 6.54 Å². The molecule has 0 aromatic carbocycles. The summed E-state index contributed by atoms with van der Waals surface area (Å²) in [6, 6.07) is 0. The normalized spacial score (nSPS) is 11.5. The van der Waals surface area contributed by atoms with E-state index in [-0.39, 0.29) is 5.54 Å². The summed E-state index contributed by atoms with van der Waals surface area (Å²) in [5, 5.41) is 6.55. The van der Waals surface area contributed by atoms with Crippen molar-refractivity contribution < 1.29 is 0 Å². The first-order valence-electron chi connectivity index (χ1n) is 5.81. The standard InChI is InChI=1S/C12H22N4/c1-5-6-13-11-14-7-10(8-15-11)9-16-12(2,3)4/h7-8,16H,5-6,9H2,1-4H3,(H,13,14,15). The summed E-state index contributed by atoms with van der Waals surface area (Å²) in [5.41, 5.74) is 1.23. The van der Waals surface area contributed by atoms with Gasteiger partial charge in [0.2, 0.25) is 5.95 Å². The Morgan fingerprint density at radius 1 is 1.19 bits per heavy atom. The maximum Gasteiger partial charge on any atom is 0.222 e. The molecule has 2 N–H and O–H groups in total. The lowest BCUT2D eigenvalue weighted by Gasteiger charge is -2.20. The largest absolute Gasteiger partial charge is 0.354 e. The fraction of sp³-hybridized carbons (Fsp3) is 0.667. The highest BCUT2D eigenvalue weighted by atomic mass is 15.1. The Hall–Kier alpha value is -1.16. The van der Waals surface area contributed by atoms with Crippen LogP contribution >= 0.6 is 0 Å². The zero-order valence-corrected chi connectivity index (χ0v) is 10.7. The summed E-state index contributed by atoms with van der Waals surface area (Å²) in [6.45, 7) is 10.3. The molecular weight excluding hydrogens is 200 g/mol. The van der Waals surface area contributed by atoms with Crippen LogP contribution in [0.1, 0.15) is 39.7 Å². The Labute approximate surface area is 97.9 Å². The molecule has 90 valence electrons. The summed E-state index contributed by atoms with van der Waals surface area (Å²) < 4.78 is 0. The van der Waals surface area contributed by atoms with Gasteiger partial charge in [0, 0.05) is 36.6 Å². The maximum atomic E-state index is 4.25. The van der Waals surface area contributed by atoms with Crippen LogP contribution in [0.3, 0.4) is 0 Å². The van der Waals surface area contributed by atoms with Gasteiger partial charge in [0.05, 0.1) is 0 Å². The quantitative estimate of drug-likeness (QED) is 0.802. The Bertz CT molecular complexity index is 300. The summed E-state index contributed by atoms with van der Waals surface area (Å²) in [6.07, 6.45) is 4.81. The molecule has 0 saturated heterocycles. The highest BCUT2D eigenvalue weighted by Crippen LogP contribution is 2.04. The Kier molecular flexibility index (Phi) is 4.68. The van der Waals surface area contributed by atoms with Crippen LogP contribution in [0.4, 0.5) is 5.95 Å². The first-order valence-corrected chi connectivity index (χ1v) is 5.81. The van der Waals surface area contributed by atoms with Gasteiger partial charge in [-0.05, 0) is 27.2 Å². The molecule has 4 nitrogen and oxygen atoms in total. The van der Waals surface area contributed by atoms with E-state index in [0.29, 0.717) is 5.95 Å². The Morgan fingerprint density at radius 3 is 2.31 bits per heavy atom. The minimum atomic E-state index is 0.124. The number of aromatic nitrogens is 2. The molecule has 1 heterocycles. The van der Waals surface area contributed by atoms with Gasteiger partial charge < -0.3 is 10.6 Å². The molecule has 0 atom stereocenters. The van der Waals surface area contributed by atoms with Gasteiger partial charge in [-0.3, -0.25) is 0 Å². The maximum absolute atomic E-state index is 4.25. The Balaban J connectivity index is 2.45. The first-order chi connectivity index (χ1) is 7.51. The second-order valence-electron chi connectivity index (χ2n) is 4.95. The van der Waals surface area contributed by atoms with Crippen molar-refractivity contribution >= 4 is 5.95 Å². The van der Waals surface area contributed by atoms with Crippen molar-refractivity contribution in [2.45, 2.75) is 46.2 Å². The van der Waals surface area contributed by atoms with Crippen LogP contribution < -0.4 is 10.6 Å². The summed E-state index contributed by atoms with van der Waals surface area (Å²) in [7, 11) is 0. The molecule has 1 rings (SSSR count). The minimum Gasteiger partial charge on any atom is -0.354 e. The van der Waals surface area contributed by atoms with E-state index < -0.39 is 0 Å². The van der Waals surface area contributed by atoms with E-state index in [0.717, 1.165) is 25.1 Å². The lowest BCUT2D eigenvalue weighted by Crippen LogP contribution is -2.35. The molecule has 0 aliphatic rings. The molecule has 0 spiro atoms. The molecule has 16 heavy (non-hydrogen) atoms. The fourth-order valence-corrected chi connectivity index (χ4v) is 1.14. The van der Waals surface area contributed by atoms with Crippen LogP contribution in [0.5, 0.6) is 0 Å². The zero-order chi connectivity index (χ0) is 12.0. The van der Waals surface area contributed by atoms with Crippen molar-refractivity contribution in [1.29, 1.82) is 0 Å². The Morgan fingerprint density at radius 2 is 1.81 bits per heavy atom. The van der Waals surface area contributed by atoms with Gasteiger partial charge in [-0.2, -0.15) is 0 Å². The fourth-order valence-electron chi connectivity index (χ4n) is 1.14. The molecule has 0 unspecified atom stereocenters. The number of hydrogen-bond donors (Lipinski definition) is 2. The highest BCUT2D eigenvalue weighted by Gasteiger charge is 2.08. The summed E-state index contributed by atoms with van der Waals surface area (Å²) in [5.74, 6) is 0.710. The van der Waals surface area contributed by atoms with Gasteiger partial charge >= 0.3 is 0 Å². The van der Waals surface area contributed by atoms with Crippen molar-refractivity contribution in [1.82, 2.24) is 15.3 Å². The minimum absolute atomic E-state index is 0.124. The molecule has 0 bridgehead atoms. The van der Waals surface area contributed by atoms with Gasteiger partial charge in [0.15, 0.2) is 0 Å². The molecular formula is C12H22N4. The molecule has 0 aliphatic carbocycles. The van der Waals surface area contributed by atoms with Crippen molar-refractivity contribution in [2.24, 2.45) is 0 Å². The average molecular weight is 222 g/mol. The predicted molar refractivity (Wildman–Crippen MR) is 67.4 cm³/mol. The van der Waals surface area contributed by atoms with E-state index in [1.807, 2.05) is 12.4 Å². The topological polar surface area (TPSA) is 49.8 Å². The van der Waals surface area contributed by atoms with Crippen LogP contribution in [0, 0.1) is 0 Å². The third-order valence-corrected chi connectivity index (χ3v) is 2.06. The third kappa shape index (κ3) is 5.07. The van der Waals surface area contributed by atoms with Gasteiger partial charge in [-0.25, -0.2) is 9.97 Å². The summed E-state index contributed by atoms with van der Waals surface area (Å²) >= 11 is 0. The molecule has 0 amide bonds. The van der Waals surface area contributed by atoms with E-state index >= 15 is 0 Å². The lowest BCUT2D eigenvalue weighted by atomic mass is 10.1. The van der Waals surface area contributed by atoms with Crippen molar-refractivity contribution in [2.75, 3.05) is 11.9 Å². The van der Waals surface area contributed by atoms with Crippen LogP contribution in [-0.4, -0.2) is 22.1 Å². The number of rotatable bonds is 5. The van der Waals surface area contributed by atoms with Gasteiger partial charge in [0.25, 0.3) is 0 Å². The van der Waals surface area contributed by atoms with Crippen LogP contribution in [0.2, 0.25) is 0 Å². The second-order valence-corrected chi connectivity index (χ2v) is 4.95. The molecule has 0 aliphatic heterocycles. The molecule has 1 aromatic rings. The lowest BCUT2D eigenvalue weighted by molar-refractivity contribution is 0.423. The van der Waals surface area contributed by atoms with E-state index in [1.54, 1.807) is 0 Å². The SMILES string of the molecule is CCCNc1ncc(CNC(C)(C)C)cn1. The molecule has 4 heteroatoms. The zero-order valence-electron chi connectivity index (χ0n) is 10.7. The predicted octanol–water partition coefficient (Wildman–Crippen LogP) is 2.19. The van der Waals surface area contributed by atoms with Gasteiger partial charge in [-0.1, -0.05) is 6.92 Å². The molecule has 1 aromatic heterocycles. The molecule has 0 saturated carbocycles. The van der Waals surface area contributed by atoms with Gasteiger partial charge in [0.1, 0.15) is 0 Å². The van der Waals surface area contributed by atoms with E-state index in [9.17, 15) is 0 Å². The second kappa shape index (κ2) is 5.80. The van der Waals surface area contributed by atoms with Crippen molar-refractivity contribution in [3.05, 3.63) is 18.0 Å². The summed E-state index contributed by atoms with van der Waals surface area (Å²) in [4.78, 5) is 8.51. The van der Waals surface area contributed by atoms with E-state index in [2.05, 4.69) is 48.3 Å². The highest BCUT2D eigenvalue weighted by molar-refractivity contribution is 5.24. The van der Waals surface area contributed by atoms with E-state index in [1.165, 1.54) is 0 Å². The smallest absolute Gasteiger partial charge is 0.222 e. The third-order valence-electron chi connectivity index (χ3n) is 2.06. The first kappa shape index (κ1) is 12.9. The van der Waals surface area contributed by atoms with Crippen molar-refractivity contribution in [3.8, 4) is 0 Å². The average Bonchev–Trinajstić information content (AvgIpc) is 2.24. The number of hydrogen-bond acceptors (Lipinski definition) is 4.